The third kappa shape index (κ3) is 2.72. The van der Waals surface area contributed by atoms with Crippen LogP contribution < -0.4 is 5.45 Å². The highest BCUT2D eigenvalue weighted by molar-refractivity contribution is 7.89. The Labute approximate surface area is 121 Å². The van der Waals surface area contributed by atoms with Crippen LogP contribution in [-0.4, -0.2) is 51.1 Å². The predicted molar refractivity (Wildman–Crippen MR) is 81.7 cm³/mol. The lowest BCUT2D eigenvalue weighted by Crippen LogP contribution is -2.51. The summed E-state index contributed by atoms with van der Waals surface area (Å²) in [5, 5.41) is -0.123. The van der Waals surface area contributed by atoms with Crippen LogP contribution >= 0.6 is 0 Å². The molecule has 0 unspecified atom stereocenters. The zero-order chi connectivity index (χ0) is 15.9. The van der Waals surface area contributed by atoms with Crippen molar-refractivity contribution in [3.63, 3.8) is 0 Å². The average Bonchev–Trinajstić information content (AvgIpc) is 2.71. The molecule has 0 fully saturated rings. The number of imidazole rings is 1. The molecule has 0 bridgehead atoms. The van der Waals surface area contributed by atoms with Gasteiger partial charge < -0.3 is 4.98 Å². The Bertz CT molecular complexity index is 612. The Morgan fingerprint density at radius 1 is 1.25 bits per heavy atom. The molecule has 114 valence electrons. The lowest BCUT2D eigenvalue weighted by molar-refractivity contribution is 0.111. The van der Waals surface area contributed by atoms with Crippen LogP contribution in [0.15, 0.2) is 5.03 Å². The van der Waals surface area contributed by atoms with E-state index in [1.165, 1.54) is 14.1 Å². The molecule has 0 aliphatic rings. The fourth-order valence-corrected chi connectivity index (χ4v) is 4.07. The zero-order valence-corrected chi connectivity index (χ0v) is 14.9. The lowest BCUT2D eigenvalue weighted by atomic mass is 10.2. The van der Waals surface area contributed by atoms with Crippen molar-refractivity contribution in [3.05, 3.63) is 5.69 Å². The number of nitrogens with one attached hydrogen (secondary N) is 1. The van der Waals surface area contributed by atoms with Crippen molar-refractivity contribution in [2.75, 3.05) is 14.1 Å². The van der Waals surface area contributed by atoms with Gasteiger partial charge in [-0.1, -0.05) is 33.9 Å². The van der Waals surface area contributed by atoms with E-state index in [0.29, 0.717) is 11.7 Å². The monoisotopic (exact) mass is 317 g/mol. The molecule has 8 heteroatoms. The number of carbonyl (C=O) groups is 1. The van der Waals surface area contributed by atoms with Gasteiger partial charge in [-0.25, -0.2) is 17.7 Å². The molecular formula is C12H23N3O3SSi. The second-order valence-corrected chi connectivity index (χ2v) is 13.9. The van der Waals surface area contributed by atoms with Crippen LogP contribution in [0, 0.1) is 0 Å². The molecular weight excluding hydrogens is 294 g/mol. The topological polar surface area (TPSA) is 83.1 Å². The minimum absolute atomic E-state index is 0.00977. The van der Waals surface area contributed by atoms with Gasteiger partial charge in [-0.3, -0.25) is 4.79 Å². The molecule has 1 aromatic rings. The van der Waals surface area contributed by atoms with E-state index in [0.717, 1.165) is 4.31 Å². The normalized spacial score (nSPS) is 13.8. The largest absolute Gasteiger partial charge is 0.335 e. The summed E-state index contributed by atoms with van der Waals surface area (Å²) in [7, 11) is -2.87. The molecule has 0 aliphatic heterocycles. The van der Waals surface area contributed by atoms with Gasteiger partial charge >= 0.3 is 0 Å². The van der Waals surface area contributed by atoms with Crippen LogP contribution in [0.4, 0.5) is 0 Å². The van der Waals surface area contributed by atoms with Gasteiger partial charge in [0.15, 0.2) is 11.3 Å². The summed E-state index contributed by atoms with van der Waals surface area (Å²) in [6.07, 6.45) is 0.490. The first-order chi connectivity index (χ1) is 8.85. The van der Waals surface area contributed by atoms with Gasteiger partial charge in [0.2, 0.25) is 0 Å². The lowest BCUT2D eigenvalue weighted by Gasteiger charge is -2.34. The molecule has 0 aliphatic carbocycles. The van der Waals surface area contributed by atoms with Crippen LogP contribution in [0.3, 0.4) is 0 Å². The fourth-order valence-electron chi connectivity index (χ4n) is 1.48. The Balaban J connectivity index is 3.53. The quantitative estimate of drug-likeness (QED) is 0.668. The smallest absolute Gasteiger partial charge is 0.260 e. The summed E-state index contributed by atoms with van der Waals surface area (Å²) in [5.41, 5.74) is 0.589. The van der Waals surface area contributed by atoms with E-state index >= 15 is 0 Å². The number of carbonyl (C=O) groups excluding carboxylic acids is 1. The summed E-state index contributed by atoms with van der Waals surface area (Å²) in [4.78, 5) is 18.3. The molecule has 0 saturated carbocycles. The highest BCUT2D eigenvalue weighted by Gasteiger charge is 2.41. The second-order valence-electron chi connectivity index (χ2n) is 6.58. The number of aldehydes is 1. The molecule has 20 heavy (non-hydrogen) atoms. The molecule has 0 atom stereocenters. The van der Waals surface area contributed by atoms with Gasteiger partial charge in [0.25, 0.3) is 10.0 Å². The van der Waals surface area contributed by atoms with E-state index in [4.69, 9.17) is 0 Å². The number of hydrogen-bond acceptors (Lipinski definition) is 4. The minimum Gasteiger partial charge on any atom is -0.335 e. The van der Waals surface area contributed by atoms with Gasteiger partial charge in [-0.05, 0) is 5.04 Å². The summed E-state index contributed by atoms with van der Waals surface area (Å²) in [6, 6.07) is 0. The molecule has 6 nitrogen and oxygen atoms in total. The molecule has 0 saturated heterocycles. The van der Waals surface area contributed by atoms with Crippen molar-refractivity contribution in [2.24, 2.45) is 0 Å². The van der Waals surface area contributed by atoms with Crippen LogP contribution in [0.1, 0.15) is 31.3 Å². The first kappa shape index (κ1) is 17.1. The summed E-state index contributed by atoms with van der Waals surface area (Å²) in [6.45, 7) is 10.5. The number of hydrogen-bond donors (Lipinski definition) is 1. The van der Waals surface area contributed by atoms with Gasteiger partial charge in [0.1, 0.15) is 13.8 Å². The van der Waals surface area contributed by atoms with Gasteiger partial charge in [0, 0.05) is 14.1 Å². The third-order valence-corrected chi connectivity index (χ3v) is 11.0. The highest BCUT2D eigenvalue weighted by Crippen LogP contribution is 2.35. The number of H-pyrrole nitrogens is 1. The van der Waals surface area contributed by atoms with E-state index in [1.807, 2.05) is 0 Å². The van der Waals surface area contributed by atoms with Gasteiger partial charge in [0.05, 0.1) is 5.45 Å². The Morgan fingerprint density at radius 3 is 2.10 bits per heavy atom. The summed E-state index contributed by atoms with van der Waals surface area (Å²) >= 11 is 0. The van der Waals surface area contributed by atoms with Crippen molar-refractivity contribution < 1.29 is 13.2 Å². The molecule has 1 heterocycles. The number of aromatic nitrogens is 2. The van der Waals surface area contributed by atoms with Crippen molar-refractivity contribution in [1.82, 2.24) is 14.3 Å². The minimum atomic E-state index is -3.70. The molecule has 0 aromatic carbocycles. The standard InChI is InChI=1S/C12H23N3O3SSi/c1-12(2,3)20(6,7)11-13-9(8-16)10(14-11)19(17,18)15(4)5/h8H,1-7H3,(H,13,14). The van der Waals surface area contributed by atoms with E-state index in [1.54, 1.807) is 0 Å². The van der Waals surface area contributed by atoms with Crippen LogP contribution in [-0.2, 0) is 10.0 Å². The number of aromatic amines is 1. The highest BCUT2D eigenvalue weighted by atomic mass is 32.2. The van der Waals surface area contributed by atoms with Crippen molar-refractivity contribution in [1.29, 1.82) is 0 Å². The number of rotatable bonds is 4. The molecule has 1 N–H and O–H groups in total. The van der Waals surface area contributed by atoms with E-state index in [-0.39, 0.29) is 15.8 Å². The predicted octanol–water partition coefficient (Wildman–Crippen LogP) is 1.19. The van der Waals surface area contributed by atoms with Crippen molar-refractivity contribution >= 4 is 29.8 Å². The second kappa shape index (κ2) is 5.08. The third-order valence-electron chi connectivity index (χ3n) is 4.01. The SMILES string of the molecule is CN(C)S(=O)(=O)c1[nH]c([Si](C)(C)C(C)(C)C)nc1C=O. The zero-order valence-electron chi connectivity index (χ0n) is 13.1. The molecule has 0 spiro atoms. The Hall–Kier alpha value is -0.993. The van der Waals surface area contributed by atoms with E-state index < -0.39 is 18.1 Å². The first-order valence-corrected chi connectivity index (χ1v) is 10.8. The maximum absolute atomic E-state index is 12.2. The van der Waals surface area contributed by atoms with Crippen LogP contribution in [0.5, 0.6) is 0 Å². The Morgan fingerprint density at radius 2 is 1.75 bits per heavy atom. The number of sulfonamides is 1. The van der Waals surface area contributed by atoms with E-state index in [2.05, 4.69) is 43.8 Å². The molecule has 0 radical (unpaired) electrons. The average molecular weight is 317 g/mol. The maximum atomic E-state index is 12.2. The van der Waals surface area contributed by atoms with E-state index in [9.17, 15) is 13.2 Å². The molecule has 0 amide bonds. The Kier molecular flexibility index (Phi) is 4.34. The van der Waals surface area contributed by atoms with Gasteiger partial charge in [-0.15, -0.1) is 0 Å². The number of nitrogens with zero attached hydrogens (tertiary/aromatic N) is 2. The molecule has 1 aromatic heterocycles. The van der Waals surface area contributed by atoms with Gasteiger partial charge in [-0.2, -0.15) is 0 Å². The summed E-state index contributed by atoms with van der Waals surface area (Å²) in [5.74, 6) is 0. The summed E-state index contributed by atoms with van der Waals surface area (Å²) < 4.78 is 25.5. The van der Waals surface area contributed by atoms with Crippen molar-refractivity contribution in [2.45, 2.75) is 43.9 Å². The first-order valence-electron chi connectivity index (χ1n) is 6.34. The van der Waals surface area contributed by atoms with Crippen molar-refractivity contribution in [3.8, 4) is 0 Å². The fraction of sp³-hybridized carbons (Fsp3) is 0.667. The van der Waals surface area contributed by atoms with Crippen LogP contribution in [0.25, 0.3) is 0 Å². The molecule has 1 rings (SSSR count). The maximum Gasteiger partial charge on any atom is 0.260 e. The van der Waals surface area contributed by atoms with Crippen LogP contribution in [0.2, 0.25) is 18.1 Å².